The fourth-order valence-corrected chi connectivity index (χ4v) is 6.28. The summed E-state index contributed by atoms with van der Waals surface area (Å²) in [5.74, 6) is 1.37. The van der Waals surface area contributed by atoms with Gasteiger partial charge in [-0.2, -0.15) is 8.42 Å². The van der Waals surface area contributed by atoms with Gasteiger partial charge in [0.25, 0.3) is 10.1 Å². The largest absolute Gasteiger partial charge is 0.383 e. The van der Waals surface area contributed by atoms with Crippen LogP contribution in [0.3, 0.4) is 0 Å². The molecule has 3 N–H and O–H groups in total. The van der Waals surface area contributed by atoms with Crippen molar-refractivity contribution in [2.45, 2.75) is 37.5 Å². The number of aromatic amines is 1. The first kappa shape index (κ1) is 28.5. The number of nitrogens with one attached hydrogen (secondary N) is 1. The summed E-state index contributed by atoms with van der Waals surface area (Å²) in [7, 11) is -3.80. The van der Waals surface area contributed by atoms with Crippen LogP contribution in [0.15, 0.2) is 102 Å². The summed E-state index contributed by atoms with van der Waals surface area (Å²) in [6.07, 6.45) is 4.70. The molecule has 2 aromatic heterocycles. The highest BCUT2D eigenvalue weighted by Crippen LogP contribution is 2.41. The van der Waals surface area contributed by atoms with E-state index in [0.29, 0.717) is 5.82 Å². The number of pyridine rings is 1. The maximum Gasteiger partial charge on any atom is 0.296 e. The summed E-state index contributed by atoms with van der Waals surface area (Å²) in [6.45, 7) is 3.98. The number of aryl methyl sites for hydroxylation is 1. The number of aromatic nitrogens is 4. The SMILES string of the molecule is Cc1ccc(S(=O)(=O)OCC2CC(c3nccnc(N)c(C)c(-c4ccc5ccc(-c6ccccc6)nc5c4)[nH]3)C2)cc1. The lowest BCUT2D eigenvalue weighted by Gasteiger charge is -2.34. The Balaban J connectivity index is 1.27. The molecule has 1 aliphatic carbocycles. The Morgan fingerprint density at radius 3 is 2.37 bits per heavy atom. The number of fused-ring (bicyclic) bond motifs is 1. The fourth-order valence-electron chi connectivity index (χ4n) is 5.30. The molecule has 0 unspecified atom stereocenters. The van der Waals surface area contributed by atoms with Crippen LogP contribution in [0.5, 0.6) is 0 Å². The van der Waals surface area contributed by atoms with E-state index in [4.69, 9.17) is 14.9 Å². The van der Waals surface area contributed by atoms with E-state index < -0.39 is 10.1 Å². The van der Waals surface area contributed by atoms with Gasteiger partial charge in [-0.1, -0.05) is 66.2 Å². The minimum absolute atomic E-state index is 0.0995. The van der Waals surface area contributed by atoms with Gasteiger partial charge in [0.15, 0.2) is 0 Å². The second-order valence-electron chi connectivity index (χ2n) is 11.0. The van der Waals surface area contributed by atoms with Gasteiger partial charge in [-0.25, -0.2) is 15.0 Å². The molecule has 43 heavy (non-hydrogen) atoms. The summed E-state index contributed by atoms with van der Waals surface area (Å²) >= 11 is 0. The molecule has 0 atom stereocenters. The van der Waals surface area contributed by atoms with Crippen molar-refractivity contribution in [2.24, 2.45) is 5.92 Å². The maximum atomic E-state index is 12.7. The highest BCUT2D eigenvalue weighted by Gasteiger charge is 2.33. The smallest absolute Gasteiger partial charge is 0.296 e. The zero-order chi connectivity index (χ0) is 30.0. The molecule has 1 aliphatic rings. The summed E-state index contributed by atoms with van der Waals surface area (Å²) in [5.41, 5.74) is 12.7. The molecule has 0 bridgehead atoms. The highest BCUT2D eigenvalue weighted by molar-refractivity contribution is 7.86. The molecular formula is C34H33N5O3S. The number of benzene rings is 3. The van der Waals surface area contributed by atoms with Crippen molar-refractivity contribution < 1.29 is 12.6 Å². The molecule has 2 heterocycles. The van der Waals surface area contributed by atoms with Gasteiger partial charge in [-0.3, -0.25) is 4.18 Å². The second-order valence-corrected chi connectivity index (χ2v) is 12.6. The first-order chi connectivity index (χ1) is 20.8. The van der Waals surface area contributed by atoms with Crippen LogP contribution >= 0.6 is 0 Å². The highest BCUT2D eigenvalue weighted by atomic mass is 32.2. The molecule has 3 aromatic carbocycles. The normalized spacial score (nSPS) is 16.4. The second kappa shape index (κ2) is 11.9. The zero-order valence-electron chi connectivity index (χ0n) is 24.1. The number of anilines is 1. The lowest BCUT2D eigenvalue weighted by molar-refractivity contribution is 0.158. The number of H-pyrrole nitrogens is 1. The average molecular weight is 592 g/mol. The monoisotopic (exact) mass is 591 g/mol. The number of hydrogen-bond donors (Lipinski definition) is 2. The number of hydrogen-bond acceptors (Lipinski definition) is 7. The van der Waals surface area contributed by atoms with E-state index >= 15 is 0 Å². The Morgan fingerprint density at radius 1 is 0.884 bits per heavy atom. The molecule has 5 aromatic rings. The standard InChI is InChI=1S/C34H33N5O3S/c1-22-8-13-29(14-9-22)43(40,41)42-21-24-18-28(19-24)34-37-17-16-36-33(35)23(2)32(39-34)27-11-10-26-12-15-30(38-31(26)20-27)25-6-4-3-5-7-25/h3-17,20,24,28H,18-19,21H2,1-2H3,(H2,35,36)(H,37,39). The van der Waals surface area contributed by atoms with E-state index in [1.54, 1.807) is 36.7 Å². The van der Waals surface area contributed by atoms with Crippen molar-refractivity contribution in [1.29, 1.82) is 0 Å². The molecule has 1 saturated carbocycles. The van der Waals surface area contributed by atoms with Crippen molar-refractivity contribution in [2.75, 3.05) is 12.3 Å². The summed E-state index contributed by atoms with van der Waals surface area (Å²) in [6, 6.07) is 27.0. The van der Waals surface area contributed by atoms with Gasteiger partial charge in [0.05, 0.1) is 28.4 Å². The number of nitrogens with two attached hydrogens (primary N) is 1. The average Bonchev–Trinajstić information content (AvgIpc) is 3.06. The Morgan fingerprint density at radius 2 is 1.60 bits per heavy atom. The predicted octanol–water partition coefficient (Wildman–Crippen LogP) is 6.91. The minimum Gasteiger partial charge on any atom is -0.383 e. The van der Waals surface area contributed by atoms with E-state index in [2.05, 4.69) is 33.2 Å². The van der Waals surface area contributed by atoms with E-state index in [9.17, 15) is 8.42 Å². The van der Waals surface area contributed by atoms with E-state index in [-0.39, 0.29) is 23.3 Å². The Bertz CT molecular complexity index is 1930. The lowest BCUT2D eigenvalue weighted by atomic mass is 9.75. The van der Waals surface area contributed by atoms with Crippen LogP contribution in [0.2, 0.25) is 0 Å². The maximum absolute atomic E-state index is 12.7. The number of rotatable bonds is 7. The van der Waals surface area contributed by atoms with E-state index in [1.165, 1.54) is 0 Å². The molecular weight excluding hydrogens is 558 g/mol. The Hall–Kier alpha value is -4.60. The summed E-state index contributed by atoms with van der Waals surface area (Å²) in [4.78, 5) is 17.7. The molecule has 0 spiro atoms. The third-order valence-corrected chi connectivity index (χ3v) is 9.24. The zero-order valence-corrected chi connectivity index (χ0v) is 24.9. The van der Waals surface area contributed by atoms with Crippen LogP contribution < -0.4 is 5.73 Å². The quantitative estimate of drug-likeness (QED) is 0.197. The first-order valence-corrected chi connectivity index (χ1v) is 15.6. The molecule has 6 rings (SSSR count). The molecule has 218 valence electrons. The van der Waals surface area contributed by atoms with Gasteiger partial charge < -0.3 is 10.7 Å². The van der Waals surface area contributed by atoms with Gasteiger partial charge >= 0.3 is 0 Å². The van der Waals surface area contributed by atoms with Crippen LogP contribution in [0.4, 0.5) is 5.82 Å². The van der Waals surface area contributed by atoms with Crippen molar-refractivity contribution in [1.82, 2.24) is 19.9 Å². The van der Waals surface area contributed by atoms with Gasteiger partial charge in [-0.05, 0) is 56.9 Å². The molecule has 8 nitrogen and oxygen atoms in total. The molecule has 0 amide bonds. The van der Waals surface area contributed by atoms with Gasteiger partial charge in [-0.15, -0.1) is 0 Å². The van der Waals surface area contributed by atoms with Crippen LogP contribution in [0, 0.1) is 19.8 Å². The van der Waals surface area contributed by atoms with Gasteiger partial charge in [0.1, 0.15) is 11.6 Å². The number of nitrogens with zero attached hydrogens (tertiary/aromatic N) is 3. The van der Waals surface area contributed by atoms with Gasteiger partial charge in [0, 0.05) is 40.4 Å². The van der Waals surface area contributed by atoms with Crippen LogP contribution in [-0.2, 0) is 14.3 Å². The first-order valence-electron chi connectivity index (χ1n) is 14.2. The third-order valence-electron chi connectivity index (χ3n) is 7.95. The molecule has 9 heteroatoms. The van der Waals surface area contributed by atoms with Crippen molar-refractivity contribution in [3.63, 3.8) is 0 Å². The van der Waals surface area contributed by atoms with Crippen molar-refractivity contribution >= 4 is 26.8 Å². The minimum atomic E-state index is -3.80. The van der Waals surface area contributed by atoms with Crippen LogP contribution in [0.1, 0.15) is 35.7 Å². The van der Waals surface area contributed by atoms with E-state index in [0.717, 1.165) is 63.2 Å². The predicted molar refractivity (Wildman–Crippen MR) is 169 cm³/mol. The van der Waals surface area contributed by atoms with Gasteiger partial charge in [0.2, 0.25) is 0 Å². The van der Waals surface area contributed by atoms with Crippen molar-refractivity contribution in [3.8, 4) is 22.5 Å². The topological polar surface area (TPSA) is 124 Å². The Kier molecular flexibility index (Phi) is 7.92. The van der Waals surface area contributed by atoms with Crippen molar-refractivity contribution in [3.05, 3.63) is 114 Å². The fraction of sp³-hybridized carbons (Fsp3) is 0.206. The third kappa shape index (κ3) is 6.28. The molecule has 0 aliphatic heterocycles. The lowest BCUT2D eigenvalue weighted by Crippen LogP contribution is -2.28. The van der Waals surface area contributed by atoms with E-state index in [1.807, 2.05) is 56.3 Å². The summed E-state index contributed by atoms with van der Waals surface area (Å²) < 4.78 is 30.7. The molecule has 0 radical (unpaired) electrons. The van der Waals surface area contributed by atoms with Crippen LogP contribution in [-0.4, -0.2) is 35.0 Å². The summed E-state index contributed by atoms with van der Waals surface area (Å²) in [5, 5.41) is 1.03. The van der Waals surface area contributed by atoms with Crippen LogP contribution in [0.25, 0.3) is 33.4 Å². The molecule has 1 fully saturated rings. The number of nitrogen functional groups attached to an aromatic ring is 1. The molecule has 0 saturated heterocycles. The Labute approximate surface area is 251 Å².